The van der Waals surface area contributed by atoms with Gasteiger partial charge in [0, 0.05) is 13.1 Å². The van der Waals surface area contributed by atoms with Gasteiger partial charge in [-0.2, -0.15) is 5.26 Å². The molecule has 5 nitrogen and oxygen atoms in total. The van der Waals surface area contributed by atoms with Crippen molar-refractivity contribution in [1.29, 1.82) is 5.26 Å². The average molecular weight is 381 g/mol. The fourth-order valence-electron chi connectivity index (χ4n) is 4.44. The highest BCUT2D eigenvalue weighted by atomic mass is 35.5. The lowest BCUT2D eigenvalue weighted by atomic mass is 10.0. The maximum Gasteiger partial charge on any atom is 0.157 e. The van der Waals surface area contributed by atoms with E-state index in [-0.39, 0.29) is 19.0 Å². The Morgan fingerprint density at radius 3 is 2.70 bits per heavy atom. The third-order valence-corrected chi connectivity index (χ3v) is 5.70. The Balaban J connectivity index is 0.00000180. The van der Waals surface area contributed by atoms with Gasteiger partial charge in [-0.25, -0.2) is 4.98 Å². The molecule has 27 heavy (non-hydrogen) atoms. The number of benzene rings is 1. The largest absolute Gasteiger partial charge is 0.392 e. The van der Waals surface area contributed by atoms with Crippen LogP contribution >= 0.6 is 12.4 Å². The molecule has 0 unspecified atom stereocenters. The number of anilines is 1. The molecule has 0 spiro atoms. The Morgan fingerprint density at radius 2 is 1.96 bits per heavy atom. The Morgan fingerprint density at radius 1 is 1.15 bits per heavy atom. The Labute approximate surface area is 163 Å². The number of fused-ring (bicyclic) bond motifs is 4. The number of halogens is 1. The summed E-state index contributed by atoms with van der Waals surface area (Å²) in [5.74, 6) is 1.19. The third kappa shape index (κ3) is 2.60. The highest BCUT2D eigenvalue weighted by molar-refractivity contribution is 5.86. The highest BCUT2D eigenvalue weighted by Gasteiger charge is 2.28. The number of rotatable bonds is 2. The molecule has 2 aromatic heterocycles. The molecule has 2 aliphatic rings. The van der Waals surface area contributed by atoms with Crippen LogP contribution in [0.2, 0.25) is 0 Å². The molecule has 6 heteroatoms. The Bertz CT molecular complexity index is 1110. The van der Waals surface area contributed by atoms with Crippen LogP contribution in [0.25, 0.3) is 16.7 Å². The van der Waals surface area contributed by atoms with Crippen LogP contribution in [0.4, 0.5) is 5.82 Å². The van der Waals surface area contributed by atoms with E-state index in [1.54, 1.807) is 0 Å². The van der Waals surface area contributed by atoms with Gasteiger partial charge in [-0.1, -0.05) is 18.2 Å². The van der Waals surface area contributed by atoms with E-state index in [0.717, 1.165) is 66.6 Å². The molecule has 0 fully saturated rings. The molecular weight excluding hydrogens is 360 g/mol. The Hall–Kier alpha value is -2.55. The summed E-state index contributed by atoms with van der Waals surface area (Å²) in [5.41, 5.74) is 7.10. The first-order chi connectivity index (χ1) is 12.8. The van der Waals surface area contributed by atoms with Gasteiger partial charge in [0.05, 0.1) is 23.2 Å². The lowest BCUT2D eigenvalue weighted by Crippen LogP contribution is -2.32. The van der Waals surface area contributed by atoms with Crippen LogP contribution in [0.15, 0.2) is 35.9 Å². The van der Waals surface area contributed by atoms with E-state index in [4.69, 9.17) is 4.98 Å². The van der Waals surface area contributed by atoms with Gasteiger partial charge in [0.25, 0.3) is 0 Å². The van der Waals surface area contributed by atoms with Gasteiger partial charge in [-0.05, 0) is 54.5 Å². The minimum atomic E-state index is 0. The molecule has 0 atom stereocenters. The minimum Gasteiger partial charge on any atom is -0.392 e. The lowest BCUT2D eigenvalue weighted by Gasteiger charge is -2.31. The second-order valence-corrected chi connectivity index (χ2v) is 7.10. The van der Waals surface area contributed by atoms with Gasteiger partial charge in [0.2, 0.25) is 0 Å². The molecular formula is C21H21ClN4O. The van der Waals surface area contributed by atoms with Crippen LogP contribution in [-0.4, -0.2) is 34.2 Å². The monoisotopic (exact) mass is 380 g/mol. The molecule has 0 radical (unpaired) electrons. The zero-order valence-corrected chi connectivity index (χ0v) is 15.8. The van der Waals surface area contributed by atoms with Crippen molar-refractivity contribution in [2.24, 2.45) is 0 Å². The molecule has 1 aromatic carbocycles. The summed E-state index contributed by atoms with van der Waals surface area (Å²) in [5, 5.41) is 19.3. The Kier molecular flexibility index (Phi) is 4.55. The summed E-state index contributed by atoms with van der Waals surface area (Å²) in [6, 6.07) is 10.5. The number of imidazole rings is 1. The van der Waals surface area contributed by atoms with Gasteiger partial charge < -0.3 is 10.0 Å². The minimum absolute atomic E-state index is 0. The molecule has 0 amide bonds. The fraction of sp³-hybridized carbons (Fsp3) is 0.333. The molecule has 138 valence electrons. The van der Waals surface area contributed by atoms with E-state index in [0.29, 0.717) is 0 Å². The number of aliphatic hydroxyl groups excluding tert-OH is 1. The van der Waals surface area contributed by atoms with Gasteiger partial charge in [-0.3, -0.25) is 4.40 Å². The molecule has 3 aromatic rings. The number of nitrogens with zero attached hydrogens (tertiary/aromatic N) is 4. The predicted molar refractivity (Wildman–Crippen MR) is 109 cm³/mol. The number of nitriles is 1. The van der Waals surface area contributed by atoms with Gasteiger partial charge in [0.15, 0.2) is 5.65 Å². The van der Waals surface area contributed by atoms with Crippen molar-refractivity contribution in [2.75, 3.05) is 24.6 Å². The zero-order chi connectivity index (χ0) is 17.7. The van der Waals surface area contributed by atoms with Crippen LogP contribution < -0.4 is 4.90 Å². The van der Waals surface area contributed by atoms with Gasteiger partial charge >= 0.3 is 0 Å². The summed E-state index contributed by atoms with van der Waals surface area (Å²) in [6.45, 7) is 1.81. The summed E-state index contributed by atoms with van der Waals surface area (Å²) in [6.07, 6.45) is 6.06. The number of aromatic nitrogens is 2. The number of para-hydroxylation sites is 2. The molecule has 1 N–H and O–H groups in total. The quantitative estimate of drug-likeness (QED) is 0.692. The smallest absolute Gasteiger partial charge is 0.157 e. The maximum atomic E-state index is 9.84. The van der Waals surface area contributed by atoms with Crippen molar-refractivity contribution in [1.82, 2.24) is 9.38 Å². The lowest BCUT2D eigenvalue weighted by molar-refractivity contribution is 0.325. The summed E-state index contributed by atoms with van der Waals surface area (Å²) < 4.78 is 2.19. The van der Waals surface area contributed by atoms with Crippen molar-refractivity contribution in [3.05, 3.63) is 52.6 Å². The van der Waals surface area contributed by atoms with E-state index >= 15 is 0 Å². The molecule has 1 aliphatic carbocycles. The molecule has 3 heterocycles. The van der Waals surface area contributed by atoms with Crippen molar-refractivity contribution in [3.63, 3.8) is 0 Å². The average Bonchev–Trinajstić information content (AvgIpc) is 3.31. The first-order valence-corrected chi connectivity index (χ1v) is 9.20. The van der Waals surface area contributed by atoms with E-state index in [9.17, 15) is 10.4 Å². The summed E-state index contributed by atoms with van der Waals surface area (Å²) >= 11 is 0. The van der Waals surface area contributed by atoms with E-state index in [1.165, 1.54) is 16.9 Å². The normalized spacial score (nSPS) is 16.1. The number of pyridine rings is 1. The first kappa shape index (κ1) is 17.8. The van der Waals surface area contributed by atoms with Crippen molar-refractivity contribution < 1.29 is 5.11 Å². The van der Waals surface area contributed by atoms with Crippen LogP contribution in [0.3, 0.4) is 0 Å². The van der Waals surface area contributed by atoms with Crippen LogP contribution in [0.1, 0.15) is 29.5 Å². The van der Waals surface area contributed by atoms with E-state index in [1.807, 2.05) is 18.2 Å². The molecule has 5 rings (SSSR count). The number of aliphatic hydroxyl groups is 1. The van der Waals surface area contributed by atoms with Crippen molar-refractivity contribution >= 4 is 34.9 Å². The van der Waals surface area contributed by atoms with Crippen molar-refractivity contribution in [2.45, 2.75) is 25.7 Å². The van der Waals surface area contributed by atoms with E-state index in [2.05, 4.69) is 27.5 Å². The number of hydrogen-bond acceptors (Lipinski definition) is 4. The fourth-order valence-corrected chi connectivity index (χ4v) is 4.44. The molecule has 0 bridgehead atoms. The van der Waals surface area contributed by atoms with Gasteiger partial charge in [-0.15, -0.1) is 12.4 Å². The van der Waals surface area contributed by atoms with Gasteiger partial charge in [0.1, 0.15) is 11.9 Å². The first-order valence-electron chi connectivity index (χ1n) is 9.20. The predicted octanol–water partition coefficient (Wildman–Crippen LogP) is 3.40. The summed E-state index contributed by atoms with van der Waals surface area (Å²) in [7, 11) is 0. The number of hydrogen-bond donors (Lipinski definition) is 1. The third-order valence-electron chi connectivity index (χ3n) is 5.70. The molecule has 1 aliphatic heterocycles. The standard InChI is InChI=1S/C21H20N4O.ClH/c22-12-17-15-4-3-5-16(15)21(24-10-8-14(13-26)9-11-24)25-19-7-2-1-6-18(19)23-20(17)25;/h1-2,6-8,26H,3-5,9-11,13H2;1H. The summed E-state index contributed by atoms with van der Waals surface area (Å²) in [4.78, 5) is 7.19. The van der Waals surface area contributed by atoms with Crippen molar-refractivity contribution in [3.8, 4) is 6.07 Å². The molecule has 0 saturated carbocycles. The second-order valence-electron chi connectivity index (χ2n) is 7.10. The van der Waals surface area contributed by atoms with E-state index < -0.39 is 0 Å². The van der Waals surface area contributed by atoms with Crippen LogP contribution in [-0.2, 0) is 12.8 Å². The van der Waals surface area contributed by atoms with Crippen LogP contribution in [0, 0.1) is 11.3 Å². The zero-order valence-electron chi connectivity index (χ0n) is 15.0. The topological polar surface area (TPSA) is 64.6 Å². The SMILES string of the molecule is Cl.N#Cc1c2c(c(N3CC=C(CO)CC3)n3c1nc1ccccc13)CCC2. The highest BCUT2D eigenvalue weighted by Crippen LogP contribution is 2.38. The van der Waals surface area contributed by atoms with Crippen LogP contribution in [0.5, 0.6) is 0 Å². The second kappa shape index (κ2) is 6.88. The maximum absolute atomic E-state index is 9.84. The molecule has 0 saturated heterocycles.